The van der Waals surface area contributed by atoms with Crippen molar-refractivity contribution in [2.45, 2.75) is 13.8 Å². The van der Waals surface area contributed by atoms with Crippen molar-refractivity contribution in [1.29, 1.82) is 0 Å². The first-order chi connectivity index (χ1) is 13.9. The van der Waals surface area contributed by atoms with Gasteiger partial charge in [0.1, 0.15) is 5.70 Å². The summed E-state index contributed by atoms with van der Waals surface area (Å²) in [6.45, 7) is 4.12. The minimum absolute atomic E-state index is 0.137. The second kappa shape index (κ2) is 7.59. The molecule has 2 amide bonds. The first-order valence-corrected chi connectivity index (χ1v) is 9.53. The van der Waals surface area contributed by atoms with E-state index in [-0.39, 0.29) is 12.5 Å². The van der Waals surface area contributed by atoms with Crippen LogP contribution in [0, 0.1) is 13.8 Å². The summed E-state index contributed by atoms with van der Waals surface area (Å²) in [5, 5.41) is 9.70. The van der Waals surface area contributed by atoms with E-state index in [0.717, 1.165) is 21.3 Å². The molecule has 8 nitrogen and oxygen atoms in total. The number of nitrogens with one attached hydrogen (secondary N) is 3. The third-order valence-corrected chi connectivity index (χ3v) is 5.23. The van der Waals surface area contributed by atoms with Gasteiger partial charge in [-0.15, -0.1) is 0 Å². The zero-order chi connectivity index (χ0) is 20.5. The number of ether oxygens (including phenoxy) is 2. The third-order valence-electron chi connectivity index (χ3n) is 4.54. The van der Waals surface area contributed by atoms with Gasteiger partial charge in [-0.1, -0.05) is 0 Å². The molecule has 0 saturated heterocycles. The molecule has 148 valence electrons. The van der Waals surface area contributed by atoms with Crippen molar-refractivity contribution in [3.8, 4) is 11.5 Å². The summed E-state index contributed by atoms with van der Waals surface area (Å²) in [7, 11) is 0. The number of amides is 2. The number of rotatable bonds is 3. The fourth-order valence-electron chi connectivity index (χ4n) is 2.88. The molecule has 0 aromatic heterocycles. The molecule has 0 radical (unpaired) electrons. The summed E-state index contributed by atoms with van der Waals surface area (Å²) in [5.41, 5.74) is 6.79. The van der Waals surface area contributed by atoms with Gasteiger partial charge >= 0.3 is 0 Å². The van der Waals surface area contributed by atoms with Crippen molar-refractivity contribution in [1.82, 2.24) is 5.43 Å². The van der Waals surface area contributed by atoms with Crippen LogP contribution in [0.2, 0.25) is 0 Å². The van der Waals surface area contributed by atoms with E-state index in [1.54, 1.807) is 12.1 Å². The highest BCUT2D eigenvalue weighted by Gasteiger charge is 2.21. The minimum atomic E-state index is -0.539. The van der Waals surface area contributed by atoms with Gasteiger partial charge in [0.15, 0.2) is 11.5 Å². The number of hydrogen-bond donors (Lipinski definition) is 3. The Morgan fingerprint density at radius 2 is 1.76 bits per heavy atom. The van der Waals surface area contributed by atoms with Crippen molar-refractivity contribution in [2.24, 2.45) is 5.10 Å². The first-order valence-electron chi connectivity index (χ1n) is 8.74. The Hall–Kier alpha value is -3.33. The van der Waals surface area contributed by atoms with E-state index in [9.17, 15) is 9.59 Å². The molecule has 2 aromatic carbocycles. The minimum Gasteiger partial charge on any atom is -0.454 e. The Bertz CT molecular complexity index is 1090. The number of carbonyl (C=O) groups excluding carboxylic acids is 2. The smallest absolute Gasteiger partial charge is 0.272 e. The Morgan fingerprint density at radius 3 is 2.48 bits per heavy atom. The highest BCUT2D eigenvalue weighted by atomic mass is 79.9. The van der Waals surface area contributed by atoms with Gasteiger partial charge in [0, 0.05) is 16.1 Å². The molecule has 2 aliphatic rings. The summed E-state index contributed by atoms with van der Waals surface area (Å²) in [4.78, 5) is 24.4. The number of hydrazone groups is 1. The second-order valence-corrected chi connectivity index (χ2v) is 7.43. The van der Waals surface area contributed by atoms with Gasteiger partial charge in [-0.05, 0) is 65.2 Å². The molecule has 0 aliphatic carbocycles. The maximum absolute atomic E-state index is 12.2. The van der Waals surface area contributed by atoms with Gasteiger partial charge in [-0.25, -0.2) is 5.43 Å². The quantitative estimate of drug-likeness (QED) is 0.374. The molecule has 0 unspecified atom stereocenters. The molecule has 0 fully saturated rings. The third kappa shape index (κ3) is 3.95. The molecule has 29 heavy (non-hydrogen) atoms. The number of nitrogens with zero attached hydrogens (tertiary/aromatic N) is 1. The zero-order valence-electron chi connectivity index (χ0n) is 15.6. The molecular formula is C20H17BrN4O4. The van der Waals surface area contributed by atoms with Crippen molar-refractivity contribution in [3.63, 3.8) is 0 Å². The largest absolute Gasteiger partial charge is 0.454 e. The monoisotopic (exact) mass is 456 g/mol. The van der Waals surface area contributed by atoms with E-state index in [1.165, 1.54) is 12.3 Å². The van der Waals surface area contributed by atoms with Crippen LogP contribution in [0.3, 0.4) is 0 Å². The Morgan fingerprint density at radius 1 is 1.10 bits per heavy atom. The van der Waals surface area contributed by atoms with Crippen molar-refractivity contribution < 1.29 is 19.1 Å². The van der Waals surface area contributed by atoms with Crippen LogP contribution in [0.15, 0.2) is 45.6 Å². The molecule has 0 spiro atoms. The van der Waals surface area contributed by atoms with Crippen molar-refractivity contribution in [2.75, 3.05) is 17.4 Å². The summed E-state index contributed by atoms with van der Waals surface area (Å²) >= 11 is 3.42. The summed E-state index contributed by atoms with van der Waals surface area (Å²) < 4.78 is 11.4. The van der Waals surface area contributed by atoms with Gasteiger partial charge in [-0.3, -0.25) is 9.59 Å². The summed E-state index contributed by atoms with van der Waals surface area (Å²) in [6.07, 6.45) is 2.64. The van der Waals surface area contributed by atoms with Gasteiger partial charge in [-0.2, -0.15) is 5.10 Å². The van der Waals surface area contributed by atoms with E-state index in [2.05, 4.69) is 37.1 Å². The van der Waals surface area contributed by atoms with Crippen LogP contribution in [-0.2, 0) is 9.59 Å². The number of anilines is 2. The Balaban J connectivity index is 1.45. The van der Waals surface area contributed by atoms with E-state index < -0.39 is 11.8 Å². The predicted octanol–water partition coefficient (Wildman–Crippen LogP) is 3.19. The molecule has 0 atom stereocenters. The predicted molar refractivity (Wildman–Crippen MR) is 112 cm³/mol. The number of aryl methyl sites for hydroxylation is 2. The van der Waals surface area contributed by atoms with Crippen molar-refractivity contribution >= 4 is 45.3 Å². The fraction of sp³-hybridized carbons (Fsp3) is 0.150. The molecule has 2 heterocycles. The molecule has 0 bridgehead atoms. The maximum Gasteiger partial charge on any atom is 0.272 e. The van der Waals surface area contributed by atoms with E-state index in [1.807, 2.05) is 26.0 Å². The van der Waals surface area contributed by atoms with Crippen LogP contribution in [0.25, 0.3) is 0 Å². The van der Waals surface area contributed by atoms with E-state index in [4.69, 9.17) is 9.47 Å². The van der Waals surface area contributed by atoms with Crippen LogP contribution in [0.1, 0.15) is 16.7 Å². The van der Waals surface area contributed by atoms with Gasteiger partial charge in [0.2, 0.25) is 6.79 Å². The van der Waals surface area contributed by atoms with Crippen LogP contribution in [-0.4, -0.2) is 24.8 Å². The van der Waals surface area contributed by atoms with E-state index >= 15 is 0 Å². The lowest BCUT2D eigenvalue weighted by Crippen LogP contribution is -2.28. The molecular weight excluding hydrogens is 440 g/mol. The average Bonchev–Trinajstić information content (AvgIpc) is 3.11. The molecule has 2 aliphatic heterocycles. The summed E-state index contributed by atoms with van der Waals surface area (Å²) in [5.74, 6) is 0.319. The number of benzene rings is 2. The molecule has 2 aromatic rings. The van der Waals surface area contributed by atoms with Crippen LogP contribution < -0.4 is 25.5 Å². The van der Waals surface area contributed by atoms with Crippen LogP contribution >= 0.6 is 15.9 Å². The molecule has 9 heteroatoms. The van der Waals surface area contributed by atoms with Gasteiger partial charge < -0.3 is 20.1 Å². The number of carbonyl (C=O) groups is 2. The summed E-state index contributed by atoms with van der Waals surface area (Å²) in [6, 6.07) is 7.33. The SMILES string of the molecule is Cc1cc2c(cc1C)NC(=CC(=O)NN=Cc1cc3c(cc1Br)OCO3)C(=O)N2. The van der Waals surface area contributed by atoms with Gasteiger partial charge in [0.25, 0.3) is 11.8 Å². The zero-order valence-corrected chi connectivity index (χ0v) is 17.2. The van der Waals surface area contributed by atoms with E-state index in [0.29, 0.717) is 22.7 Å². The standard InChI is InChI=1S/C20H17BrN4O4/c1-10-3-14-15(4-11(10)2)24-20(27)16(23-14)7-19(26)25-22-8-12-5-17-18(6-13(12)21)29-9-28-17/h3-8,23H,9H2,1-2H3,(H,24,27)(H,25,26). The van der Waals surface area contributed by atoms with Crippen LogP contribution in [0.4, 0.5) is 11.4 Å². The molecule has 3 N–H and O–H groups in total. The lowest BCUT2D eigenvalue weighted by atomic mass is 10.1. The molecule has 4 rings (SSSR count). The fourth-order valence-corrected chi connectivity index (χ4v) is 3.30. The van der Waals surface area contributed by atoms with Crippen LogP contribution in [0.5, 0.6) is 11.5 Å². The highest BCUT2D eigenvalue weighted by Crippen LogP contribution is 2.36. The lowest BCUT2D eigenvalue weighted by molar-refractivity contribution is -0.117. The topological polar surface area (TPSA) is 101 Å². The second-order valence-electron chi connectivity index (χ2n) is 6.58. The number of hydrogen-bond acceptors (Lipinski definition) is 6. The number of fused-ring (bicyclic) bond motifs is 2. The maximum atomic E-state index is 12.2. The molecule has 0 saturated carbocycles. The lowest BCUT2D eigenvalue weighted by Gasteiger charge is -2.22. The first kappa shape index (κ1) is 19.0. The Labute approximate surface area is 175 Å². The average molecular weight is 457 g/mol. The number of halogens is 1. The van der Waals surface area contributed by atoms with Crippen molar-refractivity contribution in [3.05, 3.63) is 57.2 Å². The Kier molecular flexibility index (Phi) is 4.98. The highest BCUT2D eigenvalue weighted by molar-refractivity contribution is 9.10. The van der Waals surface area contributed by atoms with Gasteiger partial charge in [0.05, 0.1) is 17.6 Å². The normalized spacial score (nSPS) is 15.8.